The first kappa shape index (κ1) is 19.7. The number of ether oxygens (including phenoxy) is 1. The largest absolute Gasteiger partial charge is 0.371 e. The predicted molar refractivity (Wildman–Crippen MR) is 130 cm³/mol. The van der Waals surface area contributed by atoms with E-state index in [0.717, 1.165) is 42.0 Å². The molecule has 1 aliphatic carbocycles. The van der Waals surface area contributed by atoms with E-state index in [1.165, 1.54) is 27.8 Å². The molecule has 6 heteroatoms. The molecule has 1 heterocycles. The second-order valence-electron chi connectivity index (χ2n) is 7.61. The summed E-state index contributed by atoms with van der Waals surface area (Å²) < 4.78 is 6.93. The summed E-state index contributed by atoms with van der Waals surface area (Å²) in [6.07, 6.45) is 1.06. The van der Waals surface area contributed by atoms with Gasteiger partial charge in [0.1, 0.15) is 0 Å². The van der Waals surface area contributed by atoms with Crippen LogP contribution in [-0.4, -0.2) is 24.8 Å². The Hall–Kier alpha value is -2.25. The molecule has 1 unspecified atom stereocenters. The molecule has 1 aliphatic heterocycles. The highest BCUT2D eigenvalue weighted by atomic mass is 79.9. The van der Waals surface area contributed by atoms with Gasteiger partial charge in [-0.15, -0.1) is 0 Å². The first-order valence-corrected chi connectivity index (χ1v) is 11.3. The molecule has 5 rings (SSSR count). The summed E-state index contributed by atoms with van der Waals surface area (Å²) in [7, 11) is 0. The number of hydrogen-bond donors (Lipinski definition) is 3. The molecule has 1 fully saturated rings. The Kier molecular flexibility index (Phi) is 5.56. The van der Waals surface area contributed by atoms with Gasteiger partial charge in [-0.3, -0.25) is 0 Å². The third-order valence-corrected chi connectivity index (χ3v) is 6.27. The summed E-state index contributed by atoms with van der Waals surface area (Å²) in [5.41, 5.74) is 8.43. The minimum absolute atomic E-state index is 0.119. The van der Waals surface area contributed by atoms with Gasteiger partial charge in [0.05, 0.1) is 12.7 Å². The molecular weight excluding hydrogens is 458 g/mol. The molecule has 1 atom stereocenters. The topological polar surface area (TPSA) is 45.3 Å². The van der Waals surface area contributed by atoms with E-state index >= 15 is 0 Å². The van der Waals surface area contributed by atoms with E-state index in [9.17, 15) is 0 Å². The molecule has 0 amide bonds. The Morgan fingerprint density at radius 2 is 1.63 bits per heavy atom. The normalized spacial score (nSPS) is 17.2. The number of hydrogen-bond acceptors (Lipinski definition) is 3. The van der Waals surface area contributed by atoms with Crippen LogP contribution in [0.25, 0.3) is 11.1 Å². The van der Waals surface area contributed by atoms with Crippen molar-refractivity contribution in [1.29, 1.82) is 0 Å². The Labute approximate surface area is 190 Å². The molecule has 0 spiro atoms. The van der Waals surface area contributed by atoms with Crippen molar-refractivity contribution in [3.63, 3.8) is 0 Å². The van der Waals surface area contributed by atoms with Crippen molar-refractivity contribution in [2.45, 2.75) is 12.5 Å². The summed E-state index contributed by atoms with van der Waals surface area (Å²) in [4.78, 5) is 0. The fourth-order valence-corrected chi connectivity index (χ4v) is 4.76. The van der Waals surface area contributed by atoms with E-state index in [4.69, 9.17) is 17.0 Å². The predicted octanol–water partition coefficient (Wildman–Crippen LogP) is 5.49. The van der Waals surface area contributed by atoms with Gasteiger partial charge in [-0.1, -0.05) is 40.2 Å². The quantitative estimate of drug-likeness (QED) is 0.339. The van der Waals surface area contributed by atoms with Crippen molar-refractivity contribution in [2.24, 2.45) is 0 Å². The average molecular weight is 480 g/mol. The molecule has 1 saturated heterocycles. The van der Waals surface area contributed by atoms with Crippen LogP contribution in [0.2, 0.25) is 0 Å². The molecule has 4 nitrogen and oxygen atoms in total. The van der Waals surface area contributed by atoms with E-state index in [1.54, 1.807) is 0 Å². The maximum atomic E-state index is 5.81. The van der Waals surface area contributed by atoms with E-state index < -0.39 is 0 Å². The molecule has 0 aromatic heterocycles. The third kappa shape index (κ3) is 4.14. The summed E-state index contributed by atoms with van der Waals surface area (Å²) >= 11 is 9.09. The lowest BCUT2D eigenvalue weighted by Crippen LogP contribution is -2.33. The van der Waals surface area contributed by atoms with Crippen molar-refractivity contribution >= 4 is 44.6 Å². The van der Waals surface area contributed by atoms with Gasteiger partial charge in [0.2, 0.25) is 0 Å². The molecule has 3 N–H and O–H groups in total. The average Bonchev–Trinajstić information content (AvgIpc) is 3.11. The fourth-order valence-electron chi connectivity index (χ4n) is 4.11. The molecule has 152 valence electrons. The van der Waals surface area contributed by atoms with Gasteiger partial charge in [0.15, 0.2) is 5.11 Å². The second kappa shape index (κ2) is 8.47. The van der Waals surface area contributed by atoms with Crippen LogP contribution >= 0.6 is 28.1 Å². The summed E-state index contributed by atoms with van der Waals surface area (Å²) in [5, 5.41) is 10.5. The zero-order valence-corrected chi connectivity index (χ0v) is 18.8. The van der Waals surface area contributed by atoms with Crippen LogP contribution in [0.3, 0.4) is 0 Å². The van der Waals surface area contributed by atoms with Gasteiger partial charge in [0, 0.05) is 28.9 Å². The summed E-state index contributed by atoms with van der Waals surface area (Å²) in [6.45, 7) is 2.52. The molecule has 0 bridgehead atoms. The Morgan fingerprint density at radius 1 is 0.933 bits per heavy atom. The van der Waals surface area contributed by atoms with Crippen molar-refractivity contribution < 1.29 is 4.74 Å². The number of benzene rings is 3. The van der Waals surface area contributed by atoms with Gasteiger partial charge in [-0.05, 0) is 82.9 Å². The molecule has 3 aromatic rings. The summed E-state index contributed by atoms with van der Waals surface area (Å²) in [6, 6.07) is 21.2. The van der Waals surface area contributed by atoms with Crippen LogP contribution in [0, 0.1) is 0 Å². The van der Waals surface area contributed by atoms with Crippen molar-refractivity contribution in [3.8, 4) is 11.1 Å². The lowest BCUT2D eigenvalue weighted by atomic mass is 10.1. The maximum absolute atomic E-state index is 5.81. The Morgan fingerprint density at radius 3 is 2.40 bits per heavy atom. The number of morpholine rings is 1. The van der Waals surface area contributed by atoms with Gasteiger partial charge in [0.25, 0.3) is 0 Å². The smallest absolute Gasteiger partial charge is 0.175 e. The molecular formula is C24H22BrN3OS. The molecule has 0 radical (unpaired) electrons. The first-order chi connectivity index (χ1) is 14.7. The van der Waals surface area contributed by atoms with Crippen molar-refractivity contribution in [1.82, 2.24) is 5.32 Å². The minimum Gasteiger partial charge on any atom is -0.371 e. The number of halogens is 1. The first-order valence-electron chi connectivity index (χ1n) is 10.1. The highest BCUT2D eigenvalue weighted by Gasteiger charge is 2.19. The SMILES string of the molecule is S=C(Nc1ccc(C2CNCCO2)cc1)Nc1ccc2c(c1)Cc1cc(Br)ccc1-2. The highest BCUT2D eigenvalue weighted by molar-refractivity contribution is 9.10. The minimum atomic E-state index is 0.119. The van der Waals surface area contributed by atoms with Crippen molar-refractivity contribution in [3.05, 3.63) is 81.8 Å². The van der Waals surface area contributed by atoms with Gasteiger partial charge in [-0.25, -0.2) is 0 Å². The second-order valence-corrected chi connectivity index (χ2v) is 8.94. The van der Waals surface area contributed by atoms with Crippen LogP contribution in [0.5, 0.6) is 0 Å². The van der Waals surface area contributed by atoms with Gasteiger partial charge in [-0.2, -0.15) is 0 Å². The standard InChI is InChI=1S/C24H22BrN3OS/c25-18-3-7-21-16(12-18)11-17-13-20(6-8-22(17)21)28-24(30)27-19-4-1-15(2-5-19)23-14-26-9-10-29-23/h1-8,12-13,23,26H,9-11,14H2,(H2,27,28,30). The Balaban J connectivity index is 1.23. The lowest BCUT2D eigenvalue weighted by molar-refractivity contribution is 0.0277. The van der Waals surface area contributed by atoms with Gasteiger partial charge >= 0.3 is 0 Å². The number of anilines is 2. The van der Waals surface area contributed by atoms with Crippen LogP contribution in [0.15, 0.2) is 65.1 Å². The monoisotopic (exact) mass is 479 g/mol. The molecule has 2 aliphatic rings. The lowest BCUT2D eigenvalue weighted by Gasteiger charge is -2.24. The highest BCUT2D eigenvalue weighted by Crippen LogP contribution is 2.39. The van der Waals surface area contributed by atoms with E-state index in [1.807, 2.05) is 12.1 Å². The molecule has 0 saturated carbocycles. The zero-order chi connectivity index (χ0) is 20.5. The van der Waals surface area contributed by atoms with Crippen LogP contribution in [-0.2, 0) is 11.2 Å². The molecule has 3 aromatic carbocycles. The number of thiocarbonyl (C=S) groups is 1. The number of nitrogens with one attached hydrogen (secondary N) is 3. The van der Waals surface area contributed by atoms with Crippen LogP contribution in [0.1, 0.15) is 22.8 Å². The van der Waals surface area contributed by atoms with Gasteiger partial charge < -0.3 is 20.7 Å². The maximum Gasteiger partial charge on any atom is 0.175 e. The van der Waals surface area contributed by atoms with E-state index in [0.29, 0.717) is 5.11 Å². The van der Waals surface area contributed by atoms with E-state index in [-0.39, 0.29) is 6.10 Å². The number of fused-ring (bicyclic) bond motifs is 3. The summed E-state index contributed by atoms with van der Waals surface area (Å²) in [5.74, 6) is 0. The van der Waals surface area contributed by atoms with Crippen molar-refractivity contribution in [2.75, 3.05) is 30.3 Å². The zero-order valence-electron chi connectivity index (χ0n) is 16.4. The fraction of sp³-hybridized carbons (Fsp3) is 0.208. The Bertz CT molecular complexity index is 1090. The van der Waals surface area contributed by atoms with Crippen LogP contribution < -0.4 is 16.0 Å². The third-order valence-electron chi connectivity index (χ3n) is 5.57. The molecule has 30 heavy (non-hydrogen) atoms. The van der Waals surface area contributed by atoms with Crippen LogP contribution in [0.4, 0.5) is 11.4 Å². The number of rotatable bonds is 3. The van der Waals surface area contributed by atoms with E-state index in [2.05, 4.69) is 80.4 Å².